The smallest absolute Gasteiger partial charge is 0.275 e. The third-order valence-electron chi connectivity index (χ3n) is 5.43. The zero-order chi connectivity index (χ0) is 19.4. The number of ether oxygens (including phenoxy) is 2. The van der Waals surface area contributed by atoms with Crippen LogP contribution in [-0.2, 0) is 23.9 Å². The predicted molar refractivity (Wildman–Crippen MR) is 99.6 cm³/mol. The number of amides is 2. The summed E-state index contributed by atoms with van der Waals surface area (Å²) in [5.74, 6) is -1.38. The molecule has 0 saturated carbocycles. The molecule has 1 N–H and O–H groups in total. The first-order valence-corrected chi connectivity index (χ1v) is 9.47. The van der Waals surface area contributed by atoms with Gasteiger partial charge in [0.05, 0.1) is 19.1 Å². The van der Waals surface area contributed by atoms with Gasteiger partial charge in [-0.1, -0.05) is 25.1 Å². The summed E-state index contributed by atoms with van der Waals surface area (Å²) in [4.78, 5) is 29.8. The van der Waals surface area contributed by atoms with Crippen LogP contribution in [0.25, 0.3) is 0 Å². The van der Waals surface area contributed by atoms with E-state index in [4.69, 9.17) is 14.3 Å². The standard InChI is InChI=1S/C20H28N2O5/c1-14(18(23)21-15-8-5-4-6-9-15)16-10-7-12-20(26-16)13-11-17(27-20)19(24)22(2)25-3/h4-6,8-9,14,16-17H,7,10-13H2,1-3H3,(H,21,23)/t14-,16+,17+,20+/m1/s1. The molecular formula is C20H28N2O5. The van der Waals surface area contributed by atoms with Crippen molar-refractivity contribution in [1.29, 1.82) is 0 Å². The van der Waals surface area contributed by atoms with Gasteiger partial charge < -0.3 is 14.8 Å². The molecule has 148 valence electrons. The number of nitrogens with one attached hydrogen (secondary N) is 1. The van der Waals surface area contributed by atoms with Crippen LogP contribution in [0.1, 0.15) is 39.0 Å². The number of likely N-dealkylation sites (N-methyl/N-ethyl adjacent to an activating group) is 1. The second-order valence-corrected chi connectivity index (χ2v) is 7.27. The van der Waals surface area contributed by atoms with E-state index >= 15 is 0 Å². The number of hydrogen-bond acceptors (Lipinski definition) is 5. The van der Waals surface area contributed by atoms with Crippen molar-refractivity contribution in [3.63, 3.8) is 0 Å². The fraction of sp³-hybridized carbons (Fsp3) is 0.600. The van der Waals surface area contributed by atoms with Gasteiger partial charge in [-0.3, -0.25) is 14.4 Å². The fourth-order valence-corrected chi connectivity index (χ4v) is 3.73. The van der Waals surface area contributed by atoms with Crippen LogP contribution in [0.5, 0.6) is 0 Å². The van der Waals surface area contributed by atoms with E-state index in [0.717, 1.165) is 24.9 Å². The van der Waals surface area contributed by atoms with Crippen molar-refractivity contribution in [3.8, 4) is 0 Å². The first-order valence-electron chi connectivity index (χ1n) is 9.47. The minimum Gasteiger partial charge on any atom is -0.346 e. The van der Waals surface area contributed by atoms with E-state index in [9.17, 15) is 9.59 Å². The van der Waals surface area contributed by atoms with Gasteiger partial charge in [-0.2, -0.15) is 0 Å². The molecule has 0 radical (unpaired) electrons. The summed E-state index contributed by atoms with van der Waals surface area (Å²) < 4.78 is 12.3. The number of hydrogen-bond donors (Lipinski definition) is 1. The van der Waals surface area contributed by atoms with Crippen molar-refractivity contribution in [1.82, 2.24) is 5.06 Å². The third kappa shape index (κ3) is 4.48. The summed E-state index contributed by atoms with van der Waals surface area (Å²) in [6.45, 7) is 1.87. The van der Waals surface area contributed by atoms with Gasteiger partial charge in [0.1, 0.15) is 6.10 Å². The number of hydroxylamine groups is 2. The van der Waals surface area contributed by atoms with Gasteiger partial charge in [-0.05, 0) is 31.4 Å². The summed E-state index contributed by atoms with van der Waals surface area (Å²) in [6.07, 6.45) is 2.85. The van der Waals surface area contributed by atoms with Gasteiger partial charge in [-0.15, -0.1) is 0 Å². The highest BCUT2D eigenvalue weighted by molar-refractivity contribution is 5.92. The molecule has 0 bridgehead atoms. The Labute approximate surface area is 159 Å². The molecule has 4 atom stereocenters. The Bertz CT molecular complexity index is 668. The van der Waals surface area contributed by atoms with E-state index in [1.165, 1.54) is 12.2 Å². The number of anilines is 1. The van der Waals surface area contributed by atoms with Crippen molar-refractivity contribution < 1.29 is 23.9 Å². The van der Waals surface area contributed by atoms with Crippen LogP contribution in [0.2, 0.25) is 0 Å². The lowest BCUT2D eigenvalue weighted by Gasteiger charge is -2.40. The van der Waals surface area contributed by atoms with Crippen LogP contribution < -0.4 is 5.32 Å². The van der Waals surface area contributed by atoms with Crippen molar-refractivity contribution in [3.05, 3.63) is 30.3 Å². The Hall–Kier alpha value is -1.96. The molecule has 1 aromatic rings. The first-order chi connectivity index (χ1) is 12.9. The number of carbonyl (C=O) groups is 2. The minimum atomic E-state index is -0.779. The van der Waals surface area contributed by atoms with E-state index in [1.807, 2.05) is 37.3 Å². The van der Waals surface area contributed by atoms with Crippen LogP contribution >= 0.6 is 0 Å². The molecule has 0 aliphatic carbocycles. The number of para-hydroxylation sites is 1. The maximum Gasteiger partial charge on any atom is 0.275 e. The maximum absolute atomic E-state index is 12.6. The van der Waals surface area contributed by atoms with Crippen LogP contribution in [0, 0.1) is 5.92 Å². The van der Waals surface area contributed by atoms with E-state index in [-0.39, 0.29) is 23.8 Å². The zero-order valence-electron chi connectivity index (χ0n) is 16.1. The lowest BCUT2D eigenvalue weighted by atomic mass is 9.92. The highest BCUT2D eigenvalue weighted by Crippen LogP contribution is 2.42. The highest BCUT2D eigenvalue weighted by Gasteiger charge is 2.49. The maximum atomic E-state index is 12.6. The van der Waals surface area contributed by atoms with Gasteiger partial charge in [0.25, 0.3) is 5.91 Å². The van der Waals surface area contributed by atoms with Gasteiger partial charge in [0, 0.05) is 25.6 Å². The van der Waals surface area contributed by atoms with E-state index in [2.05, 4.69) is 5.32 Å². The Morgan fingerprint density at radius 2 is 1.96 bits per heavy atom. The van der Waals surface area contributed by atoms with Gasteiger partial charge in [0.15, 0.2) is 5.79 Å². The molecule has 2 aliphatic heterocycles. The molecule has 0 unspecified atom stereocenters. The summed E-state index contributed by atoms with van der Waals surface area (Å²) in [7, 11) is 3.01. The Balaban J connectivity index is 1.60. The van der Waals surface area contributed by atoms with E-state index in [1.54, 1.807) is 7.05 Å². The average molecular weight is 376 g/mol. The molecule has 7 nitrogen and oxygen atoms in total. The molecule has 2 heterocycles. The van der Waals surface area contributed by atoms with Crippen LogP contribution in [0.4, 0.5) is 5.69 Å². The quantitative estimate of drug-likeness (QED) is 0.800. The van der Waals surface area contributed by atoms with Gasteiger partial charge in [-0.25, -0.2) is 5.06 Å². The molecular weight excluding hydrogens is 348 g/mol. The molecule has 3 rings (SSSR count). The molecule has 7 heteroatoms. The van der Waals surface area contributed by atoms with Gasteiger partial charge in [0.2, 0.25) is 5.91 Å². The number of nitrogens with zero attached hydrogens (tertiary/aromatic N) is 1. The first kappa shape index (κ1) is 19.8. The summed E-state index contributed by atoms with van der Waals surface area (Å²) in [5.41, 5.74) is 0.769. The molecule has 2 amide bonds. The van der Waals surface area contributed by atoms with Crippen LogP contribution in [0.3, 0.4) is 0 Å². The Morgan fingerprint density at radius 3 is 2.67 bits per heavy atom. The van der Waals surface area contributed by atoms with Crippen molar-refractivity contribution in [2.45, 2.75) is 57.0 Å². The zero-order valence-corrected chi connectivity index (χ0v) is 16.1. The molecule has 27 heavy (non-hydrogen) atoms. The van der Waals surface area contributed by atoms with Crippen molar-refractivity contribution in [2.24, 2.45) is 5.92 Å². The van der Waals surface area contributed by atoms with Crippen LogP contribution in [0.15, 0.2) is 30.3 Å². The highest BCUT2D eigenvalue weighted by atomic mass is 16.7. The molecule has 1 spiro atoms. The molecule has 2 saturated heterocycles. The Morgan fingerprint density at radius 1 is 1.22 bits per heavy atom. The van der Waals surface area contributed by atoms with E-state index in [0.29, 0.717) is 12.8 Å². The number of rotatable bonds is 5. The summed E-state index contributed by atoms with van der Waals surface area (Å²) in [6, 6.07) is 9.38. The number of carbonyl (C=O) groups excluding carboxylic acids is 2. The van der Waals surface area contributed by atoms with Crippen molar-refractivity contribution in [2.75, 3.05) is 19.5 Å². The minimum absolute atomic E-state index is 0.0759. The van der Waals surface area contributed by atoms with Crippen LogP contribution in [-0.4, -0.2) is 49.0 Å². The Kier molecular flexibility index (Phi) is 6.14. The molecule has 2 aliphatic rings. The van der Waals surface area contributed by atoms with E-state index < -0.39 is 11.9 Å². The molecule has 0 aromatic heterocycles. The topological polar surface area (TPSA) is 77.1 Å². The molecule has 1 aromatic carbocycles. The molecule has 2 fully saturated rings. The normalized spacial score (nSPS) is 28.7. The fourth-order valence-electron chi connectivity index (χ4n) is 3.73. The SMILES string of the molecule is CON(C)C(=O)[C@@H]1CC[C@]2(CCC[C@@H]([C@@H](C)C(=O)Nc3ccccc3)O2)O1. The monoisotopic (exact) mass is 376 g/mol. The van der Waals surface area contributed by atoms with Gasteiger partial charge >= 0.3 is 0 Å². The lowest BCUT2D eigenvalue weighted by Crippen LogP contribution is -2.46. The second kappa shape index (κ2) is 8.37. The third-order valence-corrected chi connectivity index (χ3v) is 5.43. The largest absolute Gasteiger partial charge is 0.346 e. The second-order valence-electron chi connectivity index (χ2n) is 7.27. The average Bonchev–Trinajstić information content (AvgIpc) is 3.09. The predicted octanol–water partition coefficient (Wildman–Crippen LogP) is 2.73. The summed E-state index contributed by atoms with van der Waals surface area (Å²) in [5, 5.41) is 4.11. The summed E-state index contributed by atoms with van der Waals surface area (Å²) >= 11 is 0. The number of benzene rings is 1. The van der Waals surface area contributed by atoms with Crippen molar-refractivity contribution >= 4 is 17.5 Å². The lowest BCUT2D eigenvalue weighted by molar-refractivity contribution is -0.277.